The van der Waals surface area contributed by atoms with Gasteiger partial charge in [0.2, 0.25) is 0 Å². The molecule has 0 radical (unpaired) electrons. The Morgan fingerprint density at radius 3 is 2.38 bits per heavy atom. The minimum absolute atomic E-state index is 0.312. The van der Waals surface area contributed by atoms with Crippen molar-refractivity contribution in [3.8, 4) is 0 Å². The van der Waals surface area contributed by atoms with Gasteiger partial charge in [-0.1, -0.05) is 34.6 Å². The first-order valence-electron chi connectivity index (χ1n) is 6.28. The topological polar surface area (TPSA) is 25.2 Å². The highest BCUT2D eigenvalue weighted by Gasteiger charge is 2.21. The molecule has 92 valence electrons. The summed E-state index contributed by atoms with van der Waals surface area (Å²) in [6.07, 6.45) is 2.06. The molecule has 0 spiro atoms. The van der Waals surface area contributed by atoms with Gasteiger partial charge in [0.05, 0.1) is 6.04 Å². The third kappa shape index (κ3) is 4.01. The van der Waals surface area contributed by atoms with Gasteiger partial charge in [0.25, 0.3) is 0 Å². The molecule has 0 aliphatic carbocycles. The van der Waals surface area contributed by atoms with Crippen molar-refractivity contribution in [2.24, 2.45) is 5.41 Å². The Morgan fingerprint density at radius 1 is 1.25 bits per heavy atom. The smallest absolute Gasteiger partial charge is 0.121 e. The first-order chi connectivity index (χ1) is 7.46. The van der Waals surface area contributed by atoms with Crippen LogP contribution in [0.4, 0.5) is 0 Å². The summed E-state index contributed by atoms with van der Waals surface area (Å²) in [5.74, 6) is 2.15. The predicted molar refractivity (Wildman–Crippen MR) is 68.6 cm³/mol. The molecule has 1 unspecified atom stereocenters. The average Bonchev–Trinajstić information content (AvgIpc) is 2.63. The van der Waals surface area contributed by atoms with Crippen LogP contribution in [0.1, 0.15) is 58.6 Å². The maximum absolute atomic E-state index is 5.83. The fourth-order valence-electron chi connectivity index (χ4n) is 1.90. The van der Waals surface area contributed by atoms with E-state index >= 15 is 0 Å². The van der Waals surface area contributed by atoms with E-state index in [4.69, 9.17) is 4.42 Å². The second-order valence-corrected chi connectivity index (χ2v) is 5.53. The molecule has 2 heteroatoms. The van der Waals surface area contributed by atoms with E-state index in [0.29, 0.717) is 11.5 Å². The molecular weight excluding hydrogens is 198 g/mol. The number of hydrogen-bond donors (Lipinski definition) is 1. The Kier molecular flexibility index (Phi) is 4.60. The third-order valence-electron chi connectivity index (χ3n) is 2.64. The van der Waals surface area contributed by atoms with Gasteiger partial charge in [-0.05, 0) is 30.5 Å². The van der Waals surface area contributed by atoms with Crippen LogP contribution in [-0.4, -0.2) is 6.54 Å². The van der Waals surface area contributed by atoms with Crippen molar-refractivity contribution >= 4 is 0 Å². The van der Waals surface area contributed by atoms with Gasteiger partial charge in [-0.15, -0.1) is 0 Å². The number of rotatable bonds is 5. The molecule has 0 saturated heterocycles. The van der Waals surface area contributed by atoms with Gasteiger partial charge in [0, 0.05) is 6.42 Å². The largest absolute Gasteiger partial charge is 0.464 e. The van der Waals surface area contributed by atoms with E-state index < -0.39 is 0 Å². The van der Waals surface area contributed by atoms with Crippen LogP contribution >= 0.6 is 0 Å². The van der Waals surface area contributed by atoms with Crippen molar-refractivity contribution in [3.05, 3.63) is 23.7 Å². The molecule has 0 amide bonds. The molecule has 1 aromatic rings. The maximum Gasteiger partial charge on any atom is 0.121 e. The summed E-state index contributed by atoms with van der Waals surface area (Å²) in [4.78, 5) is 0. The third-order valence-corrected chi connectivity index (χ3v) is 2.64. The lowest BCUT2D eigenvalue weighted by atomic mass is 9.87. The summed E-state index contributed by atoms with van der Waals surface area (Å²) < 4.78 is 5.83. The van der Waals surface area contributed by atoms with Crippen LogP contribution in [0.3, 0.4) is 0 Å². The predicted octanol–water partition coefficient (Wildman–Crippen LogP) is 3.93. The Labute approximate surface area is 99.4 Å². The summed E-state index contributed by atoms with van der Waals surface area (Å²) in [5, 5.41) is 3.50. The van der Waals surface area contributed by atoms with E-state index in [1.165, 1.54) is 0 Å². The lowest BCUT2D eigenvalue weighted by molar-refractivity contribution is 0.282. The van der Waals surface area contributed by atoms with Gasteiger partial charge >= 0.3 is 0 Å². The van der Waals surface area contributed by atoms with Crippen molar-refractivity contribution in [3.63, 3.8) is 0 Å². The molecule has 0 aromatic carbocycles. The number of nitrogens with one attached hydrogen (secondary N) is 1. The van der Waals surface area contributed by atoms with Gasteiger partial charge in [-0.25, -0.2) is 0 Å². The Morgan fingerprint density at radius 2 is 1.94 bits per heavy atom. The van der Waals surface area contributed by atoms with Crippen LogP contribution in [0.5, 0.6) is 0 Å². The van der Waals surface area contributed by atoms with Crippen LogP contribution in [0.2, 0.25) is 0 Å². The SMILES string of the molecule is CCNC(CC(C)(C)C)c1ccc(CC)o1. The van der Waals surface area contributed by atoms with E-state index in [2.05, 4.69) is 52.1 Å². The number of aryl methyl sites for hydroxylation is 1. The van der Waals surface area contributed by atoms with Crippen molar-refractivity contribution in [2.75, 3.05) is 6.54 Å². The van der Waals surface area contributed by atoms with Crippen LogP contribution in [0.25, 0.3) is 0 Å². The molecule has 1 rings (SSSR count). The van der Waals surface area contributed by atoms with Crippen LogP contribution in [-0.2, 0) is 6.42 Å². The lowest BCUT2D eigenvalue weighted by Gasteiger charge is -2.25. The fourth-order valence-corrected chi connectivity index (χ4v) is 1.90. The summed E-state index contributed by atoms with van der Waals surface area (Å²) in [6, 6.07) is 4.53. The molecule has 1 N–H and O–H groups in total. The number of furan rings is 1. The second kappa shape index (κ2) is 5.53. The van der Waals surface area contributed by atoms with E-state index in [-0.39, 0.29) is 0 Å². The van der Waals surface area contributed by atoms with Gasteiger partial charge in [0.15, 0.2) is 0 Å². The quantitative estimate of drug-likeness (QED) is 0.818. The van der Waals surface area contributed by atoms with E-state index in [0.717, 1.165) is 30.9 Å². The summed E-state index contributed by atoms with van der Waals surface area (Å²) in [7, 11) is 0. The minimum atomic E-state index is 0.312. The highest BCUT2D eigenvalue weighted by Crippen LogP contribution is 2.30. The van der Waals surface area contributed by atoms with Crippen molar-refractivity contribution in [2.45, 2.75) is 53.5 Å². The van der Waals surface area contributed by atoms with E-state index in [1.54, 1.807) is 0 Å². The molecule has 1 aromatic heterocycles. The number of hydrogen-bond acceptors (Lipinski definition) is 2. The van der Waals surface area contributed by atoms with Crippen molar-refractivity contribution in [1.82, 2.24) is 5.32 Å². The van der Waals surface area contributed by atoms with E-state index in [9.17, 15) is 0 Å². The van der Waals surface area contributed by atoms with Crippen LogP contribution in [0.15, 0.2) is 16.5 Å². The normalized spacial score (nSPS) is 14.1. The molecule has 16 heavy (non-hydrogen) atoms. The zero-order chi connectivity index (χ0) is 12.2. The first kappa shape index (κ1) is 13.3. The first-order valence-corrected chi connectivity index (χ1v) is 6.28. The Bertz CT molecular complexity index is 309. The molecule has 0 saturated carbocycles. The lowest BCUT2D eigenvalue weighted by Crippen LogP contribution is -2.25. The van der Waals surface area contributed by atoms with Gasteiger partial charge in [-0.2, -0.15) is 0 Å². The minimum Gasteiger partial charge on any atom is -0.464 e. The molecule has 0 fully saturated rings. The fraction of sp³-hybridized carbons (Fsp3) is 0.714. The van der Waals surface area contributed by atoms with Crippen molar-refractivity contribution in [1.29, 1.82) is 0 Å². The van der Waals surface area contributed by atoms with Crippen LogP contribution < -0.4 is 5.32 Å². The van der Waals surface area contributed by atoms with Gasteiger partial charge in [0.1, 0.15) is 11.5 Å². The molecular formula is C14H25NO. The highest BCUT2D eigenvalue weighted by molar-refractivity contribution is 5.11. The summed E-state index contributed by atoms with van der Waals surface area (Å²) in [5.41, 5.74) is 0.312. The zero-order valence-electron chi connectivity index (χ0n) is 11.3. The maximum atomic E-state index is 5.83. The Hall–Kier alpha value is -0.760. The monoisotopic (exact) mass is 223 g/mol. The average molecular weight is 223 g/mol. The molecule has 0 aliphatic heterocycles. The van der Waals surface area contributed by atoms with Gasteiger partial charge in [-0.3, -0.25) is 0 Å². The van der Waals surface area contributed by atoms with Crippen LogP contribution in [0, 0.1) is 5.41 Å². The summed E-state index contributed by atoms with van der Waals surface area (Å²) in [6.45, 7) is 12.0. The van der Waals surface area contributed by atoms with Crippen molar-refractivity contribution < 1.29 is 4.42 Å². The molecule has 0 bridgehead atoms. The highest BCUT2D eigenvalue weighted by atomic mass is 16.3. The van der Waals surface area contributed by atoms with E-state index in [1.807, 2.05) is 0 Å². The molecule has 2 nitrogen and oxygen atoms in total. The molecule has 1 atom stereocenters. The zero-order valence-corrected chi connectivity index (χ0v) is 11.3. The summed E-state index contributed by atoms with van der Waals surface area (Å²) >= 11 is 0. The Balaban J connectivity index is 2.76. The second-order valence-electron chi connectivity index (χ2n) is 5.53. The van der Waals surface area contributed by atoms with Gasteiger partial charge < -0.3 is 9.73 Å². The molecule has 1 heterocycles. The molecule has 0 aliphatic rings. The standard InChI is InChI=1S/C14H25NO/c1-6-11-8-9-13(16-11)12(15-7-2)10-14(3,4)5/h8-9,12,15H,6-7,10H2,1-5H3.